The molecule has 0 aliphatic heterocycles. The number of nitrogens with one attached hydrogen (secondary N) is 1. The fourth-order valence-corrected chi connectivity index (χ4v) is 1.91. The number of hydrogen-bond acceptors (Lipinski definition) is 2. The van der Waals surface area contributed by atoms with Gasteiger partial charge < -0.3 is 10.1 Å². The first-order chi connectivity index (χ1) is 9.29. The molecule has 0 atom stereocenters. The maximum atomic E-state index is 6.05. The number of ether oxygens (including phenoxy) is 1. The van der Waals surface area contributed by atoms with Crippen molar-refractivity contribution in [1.29, 1.82) is 0 Å². The van der Waals surface area contributed by atoms with E-state index < -0.39 is 0 Å². The molecular formula is C16H18ClNO. The average Bonchev–Trinajstić information content (AvgIpc) is 2.44. The molecule has 0 amide bonds. The van der Waals surface area contributed by atoms with E-state index in [4.69, 9.17) is 16.3 Å². The van der Waals surface area contributed by atoms with Crippen LogP contribution in [0.2, 0.25) is 5.02 Å². The van der Waals surface area contributed by atoms with Crippen LogP contribution in [0.25, 0.3) is 0 Å². The molecular weight excluding hydrogens is 258 g/mol. The topological polar surface area (TPSA) is 21.3 Å². The molecule has 100 valence electrons. The highest BCUT2D eigenvalue weighted by Crippen LogP contribution is 2.28. The molecule has 0 aromatic heterocycles. The Labute approximate surface area is 119 Å². The van der Waals surface area contributed by atoms with Crippen molar-refractivity contribution < 1.29 is 4.74 Å². The summed E-state index contributed by atoms with van der Waals surface area (Å²) in [5, 5.41) is 3.99. The lowest BCUT2D eigenvalue weighted by Gasteiger charge is -2.08. The van der Waals surface area contributed by atoms with Gasteiger partial charge in [-0.15, -0.1) is 0 Å². The number of halogens is 1. The van der Waals surface area contributed by atoms with Crippen LogP contribution in [-0.2, 0) is 6.54 Å². The molecule has 2 rings (SSSR count). The summed E-state index contributed by atoms with van der Waals surface area (Å²) in [6.07, 6.45) is 1.15. The van der Waals surface area contributed by atoms with Gasteiger partial charge in [-0.1, -0.05) is 42.8 Å². The Hall–Kier alpha value is -1.51. The smallest absolute Gasteiger partial charge is 0.146 e. The summed E-state index contributed by atoms with van der Waals surface area (Å²) >= 11 is 6.05. The van der Waals surface area contributed by atoms with Gasteiger partial charge >= 0.3 is 0 Å². The van der Waals surface area contributed by atoms with E-state index in [1.54, 1.807) is 0 Å². The van der Waals surface area contributed by atoms with Crippen LogP contribution >= 0.6 is 11.6 Å². The summed E-state index contributed by atoms with van der Waals surface area (Å²) < 4.78 is 5.74. The van der Waals surface area contributed by atoms with Crippen molar-refractivity contribution in [3.05, 3.63) is 59.1 Å². The van der Waals surface area contributed by atoms with E-state index in [2.05, 4.69) is 24.4 Å². The van der Waals surface area contributed by atoms with Crippen LogP contribution in [-0.4, -0.2) is 6.54 Å². The van der Waals surface area contributed by atoms with E-state index in [1.165, 1.54) is 5.56 Å². The molecule has 0 saturated carbocycles. The molecule has 0 aliphatic carbocycles. The first-order valence-corrected chi connectivity index (χ1v) is 6.89. The normalized spacial score (nSPS) is 10.4. The molecule has 0 saturated heterocycles. The lowest BCUT2D eigenvalue weighted by Crippen LogP contribution is -2.13. The van der Waals surface area contributed by atoms with Gasteiger partial charge in [-0.3, -0.25) is 0 Å². The van der Waals surface area contributed by atoms with E-state index in [-0.39, 0.29) is 0 Å². The predicted octanol–water partition coefficient (Wildman–Crippen LogP) is 4.63. The minimum Gasteiger partial charge on any atom is -0.456 e. The molecule has 0 radical (unpaired) electrons. The maximum Gasteiger partial charge on any atom is 0.146 e. The Bertz CT molecular complexity index is 510. The third-order valence-electron chi connectivity index (χ3n) is 2.74. The zero-order chi connectivity index (χ0) is 13.5. The largest absolute Gasteiger partial charge is 0.456 e. The quantitative estimate of drug-likeness (QED) is 0.776. The van der Waals surface area contributed by atoms with Crippen LogP contribution in [0, 0.1) is 0 Å². The fraction of sp³-hybridized carbons (Fsp3) is 0.250. The predicted molar refractivity (Wildman–Crippen MR) is 80.0 cm³/mol. The highest BCUT2D eigenvalue weighted by molar-refractivity contribution is 6.32. The molecule has 0 unspecified atom stereocenters. The molecule has 0 bridgehead atoms. The van der Waals surface area contributed by atoms with Crippen molar-refractivity contribution in [3.63, 3.8) is 0 Å². The third-order valence-corrected chi connectivity index (χ3v) is 3.06. The third kappa shape index (κ3) is 4.27. The van der Waals surface area contributed by atoms with Gasteiger partial charge in [-0.05, 0) is 42.8 Å². The van der Waals surface area contributed by atoms with Gasteiger partial charge in [0.05, 0.1) is 5.02 Å². The van der Waals surface area contributed by atoms with E-state index in [0.717, 1.165) is 25.3 Å². The monoisotopic (exact) mass is 275 g/mol. The minimum atomic E-state index is 0.621. The first-order valence-electron chi connectivity index (χ1n) is 6.51. The molecule has 1 N–H and O–H groups in total. The molecule has 2 aromatic rings. The molecule has 0 fully saturated rings. The van der Waals surface area contributed by atoms with E-state index >= 15 is 0 Å². The van der Waals surface area contributed by atoms with E-state index in [9.17, 15) is 0 Å². The Morgan fingerprint density at radius 2 is 1.79 bits per heavy atom. The summed E-state index contributed by atoms with van der Waals surface area (Å²) in [6.45, 7) is 4.09. The fourth-order valence-electron chi connectivity index (χ4n) is 1.74. The lowest BCUT2D eigenvalue weighted by atomic mass is 10.2. The average molecular weight is 276 g/mol. The summed E-state index contributed by atoms with van der Waals surface area (Å²) in [6, 6.07) is 15.5. The molecule has 0 spiro atoms. The van der Waals surface area contributed by atoms with Crippen LogP contribution in [0.4, 0.5) is 0 Å². The maximum absolute atomic E-state index is 6.05. The van der Waals surface area contributed by atoms with Gasteiger partial charge in [0.15, 0.2) is 0 Å². The first kappa shape index (κ1) is 13.9. The highest BCUT2D eigenvalue weighted by Gasteiger charge is 2.01. The second-order valence-corrected chi connectivity index (χ2v) is 4.76. The van der Waals surface area contributed by atoms with Gasteiger partial charge in [0, 0.05) is 6.54 Å². The number of benzene rings is 2. The van der Waals surface area contributed by atoms with Crippen molar-refractivity contribution >= 4 is 11.6 Å². The molecule has 0 aliphatic rings. The van der Waals surface area contributed by atoms with Gasteiger partial charge in [0.2, 0.25) is 0 Å². The Balaban J connectivity index is 1.97. The Morgan fingerprint density at radius 1 is 1.05 bits per heavy atom. The zero-order valence-corrected chi connectivity index (χ0v) is 11.8. The van der Waals surface area contributed by atoms with E-state index in [1.807, 2.05) is 36.4 Å². The van der Waals surface area contributed by atoms with Crippen LogP contribution in [0.3, 0.4) is 0 Å². The van der Waals surface area contributed by atoms with Gasteiger partial charge in [0.25, 0.3) is 0 Å². The number of rotatable bonds is 6. The molecule has 2 nitrogen and oxygen atoms in total. The van der Waals surface area contributed by atoms with Crippen molar-refractivity contribution in [3.8, 4) is 11.5 Å². The Kier molecular flexibility index (Phi) is 5.25. The van der Waals surface area contributed by atoms with Crippen molar-refractivity contribution in [2.24, 2.45) is 0 Å². The summed E-state index contributed by atoms with van der Waals surface area (Å²) in [5.41, 5.74) is 1.25. The molecule has 2 aromatic carbocycles. The zero-order valence-electron chi connectivity index (χ0n) is 11.0. The summed E-state index contributed by atoms with van der Waals surface area (Å²) in [7, 11) is 0. The number of hydrogen-bond donors (Lipinski definition) is 1. The second-order valence-electron chi connectivity index (χ2n) is 4.35. The van der Waals surface area contributed by atoms with E-state index in [0.29, 0.717) is 10.8 Å². The van der Waals surface area contributed by atoms with Gasteiger partial charge in [-0.25, -0.2) is 0 Å². The summed E-state index contributed by atoms with van der Waals surface area (Å²) in [5.74, 6) is 1.48. The van der Waals surface area contributed by atoms with Crippen LogP contribution < -0.4 is 10.1 Å². The molecule has 0 heterocycles. The van der Waals surface area contributed by atoms with Crippen molar-refractivity contribution in [2.45, 2.75) is 19.9 Å². The lowest BCUT2D eigenvalue weighted by molar-refractivity contribution is 0.482. The second kappa shape index (κ2) is 7.17. The highest BCUT2D eigenvalue weighted by atomic mass is 35.5. The molecule has 19 heavy (non-hydrogen) atoms. The number of para-hydroxylation sites is 1. The van der Waals surface area contributed by atoms with Crippen LogP contribution in [0.15, 0.2) is 48.5 Å². The Morgan fingerprint density at radius 3 is 2.47 bits per heavy atom. The van der Waals surface area contributed by atoms with Crippen LogP contribution in [0.1, 0.15) is 18.9 Å². The summed E-state index contributed by atoms with van der Waals surface area (Å²) in [4.78, 5) is 0. The minimum absolute atomic E-state index is 0.621. The van der Waals surface area contributed by atoms with Crippen LogP contribution in [0.5, 0.6) is 11.5 Å². The molecule has 3 heteroatoms. The SMILES string of the molecule is CCCNCc1ccc(Oc2ccccc2Cl)cc1. The van der Waals surface area contributed by atoms with Gasteiger partial charge in [-0.2, -0.15) is 0 Å². The van der Waals surface area contributed by atoms with Crippen molar-refractivity contribution in [1.82, 2.24) is 5.32 Å². The van der Waals surface area contributed by atoms with Crippen molar-refractivity contribution in [2.75, 3.05) is 6.54 Å². The standard InChI is InChI=1S/C16H18ClNO/c1-2-11-18-12-13-7-9-14(10-8-13)19-16-6-4-3-5-15(16)17/h3-10,18H,2,11-12H2,1H3. The van der Waals surface area contributed by atoms with Gasteiger partial charge in [0.1, 0.15) is 11.5 Å².